The first kappa shape index (κ1) is 15.0. The van der Waals surface area contributed by atoms with Gasteiger partial charge in [0.2, 0.25) is 0 Å². The number of nitro groups is 1. The van der Waals surface area contributed by atoms with E-state index in [4.69, 9.17) is 4.74 Å². The summed E-state index contributed by atoms with van der Waals surface area (Å²) in [6, 6.07) is 5.67. The molecule has 0 aromatic heterocycles. The van der Waals surface area contributed by atoms with E-state index in [0.717, 1.165) is 0 Å². The molecule has 0 saturated carbocycles. The van der Waals surface area contributed by atoms with E-state index in [1.807, 2.05) is 0 Å². The molecule has 0 unspecified atom stereocenters. The van der Waals surface area contributed by atoms with Crippen LogP contribution in [-0.2, 0) is 9.53 Å². The molecule has 21 heavy (non-hydrogen) atoms. The number of carbonyl (C=O) groups is 2. The van der Waals surface area contributed by atoms with E-state index in [-0.39, 0.29) is 23.5 Å². The van der Waals surface area contributed by atoms with Crippen molar-refractivity contribution in [3.63, 3.8) is 0 Å². The van der Waals surface area contributed by atoms with Crippen LogP contribution in [0.1, 0.15) is 23.2 Å². The highest BCUT2D eigenvalue weighted by molar-refractivity contribution is 5.95. The van der Waals surface area contributed by atoms with Gasteiger partial charge in [0.1, 0.15) is 0 Å². The lowest BCUT2D eigenvalue weighted by atomic mass is 9.96. The van der Waals surface area contributed by atoms with Gasteiger partial charge in [-0.25, -0.2) is 0 Å². The molecule has 1 aromatic rings. The molecule has 1 fully saturated rings. The number of non-ortho nitro benzene ring substituents is 1. The Balaban J connectivity index is 2.03. The highest BCUT2D eigenvalue weighted by Crippen LogP contribution is 2.21. The number of hydrogen-bond acceptors (Lipinski definition) is 5. The van der Waals surface area contributed by atoms with Gasteiger partial charge in [0.15, 0.2) is 0 Å². The molecule has 7 heteroatoms. The summed E-state index contributed by atoms with van der Waals surface area (Å²) in [5, 5.41) is 10.7. The van der Waals surface area contributed by atoms with Crippen LogP contribution < -0.4 is 0 Å². The number of benzene rings is 1. The average molecular weight is 292 g/mol. The fraction of sp³-hybridized carbons (Fsp3) is 0.429. The van der Waals surface area contributed by atoms with Crippen molar-refractivity contribution in [3.05, 3.63) is 39.9 Å². The summed E-state index contributed by atoms with van der Waals surface area (Å²) in [4.78, 5) is 35.6. The van der Waals surface area contributed by atoms with Gasteiger partial charge in [0.05, 0.1) is 18.0 Å². The van der Waals surface area contributed by atoms with Gasteiger partial charge >= 0.3 is 5.97 Å². The third kappa shape index (κ3) is 3.36. The lowest BCUT2D eigenvalue weighted by Crippen LogP contribution is -2.40. The first-order valence-corrected chi connectivity index (χ1v) is 6.64. The minimum absolute atomic E-state index is 0.106. The van der Waals surface area contributed by atoms with Gasteiger partial charge in [-0.3, -0.25) is 19.7 Å². The van der Waals surface area contributed by atoms with Crippen molar-refractivity contribution in [2.75, 3.05) is 20.2 Å². The topological polar surface area (TPSA) is 89.8 Å². The monoisotopic (exact) mass is 292 g/mol. The molecule has 1 saturated heterocycles. The van der Waals surface area contributed by atoms with Crippen LogP contribution in [-0.4, -0.2) is 41.9 Å². The van der Waals surface area contributed by atoms with Crippen LogP contribution in [0.3, 0.4) is 0 Å². The summed E-state index contributed by atoms with van der Waals surface area (Å²) in [6.45, 7) is 0.891. The number of rotatable bonds is 3. The van der Waals surface area contributed by atoms with Crippen molar-refractivity contribution >= 4 is 17.6 Å². The van der Waals surface area contributed by atoms with Crippen LogP contribution in [0, 0.1) is 16.0 Å². The van der Waals surface area contributed by atoms with E-state index in [1.54, 1.807) is 11.0 Å². The maximum absolute atomic E-state index is 12.3. The van der Waals surface area contributed by atoms with Crippen LogP contribution in [0.15, 0.2) is 24.3 Å². The zero-order valence-electron chi connectivity index (χ0n) is 11.7. The van der Waals surface area contributed by atoms with E-state index in [9.17, 15) is 19.7 Å². The molecular formula is C14H16N2O5. The standard InChI is InChI=1S/C14H16N2O5/c1-21-14(18)10-5-7-15(8-6-10)13(17)11-3-2-4-12(9-11)16(19)20/h2-4,9-10H,5-8H2,1H3. The zero-order valence-corrected chi connectivity index (χ0v) is 11.7. The third-order valence-electron chi connectivity index (χ3n) is 3.62. The Morgan fingerprint density at radius 2 is 2.00 bits per heavy atom. The third-order valence-corrected chi connectivity index (χ3v) is 3.62. The molecule has 1 aliphatic rings. The summed E-state index contributed by atoms with van der Waals surface area (Å²) in [5.41, 5.74) is 0.186. The Morgan fingerprint density at radius 3 is 2.57 bits per heavy atom. The number of nitro benzene ring substituents is 1. The summed E-state index contributed by atoms with van der Waals surface area (Å²) >= 11 is 0. The summed E-state index contributed by atoms with van der Waals surface area (Å²) in [5.74, 6) is -0.677. The average Bonchev–Trinajstić information content (AvgIpc) is 2.53. The first-order valence-electron chi connectivity index (χ1n) is 6.64. The normalized spacial score (nSPS) is 15.6. The molecule has 7 nitrogen and oxygen atoms in total. The highest BCUT2D eigenvalue weighted by Gasteiger charge is 2.28. The number of ether oxygens (including phenoxy) is 1. The van der Waals surface area contributed by atoms with Crippen LogP contribution >= 0.6 is 0 Å². The quantitative estimate of drug-likeness (QED) is 0.479. The second-order valence-corrected chi connectivity index (χ2v) is 4.90. The number of methoxy groups -OCH3 is 1. The van der Waals surface area contributed by atoms with Crippen LogP contribution in [0.5, 0.6) is 0 Å². The van der Waals surface area contributed by atoms with Gasteiger partial charge < -0.3 is 9.64 Å². The van der Waals surface area contributed by atoms with Gasteiger partial charge in [-0.2, -0.15) is 0 Å². The fourth-order valence-corrected chi connectivity index (χ4v) is 2.42. The predicted octanol–water partition coefficient (Wildman–Crippen LogP) is 1.62. The lowest BCUT2D eigenvalue weighted by Gasteiger charge is -2.30. The minimum Gasteiger partial charge on any atom is -0.469 e. The summed E-state index contributed by atoms with van der Waals surface area (Å²) in [7, 11) is 1.35. The summed E-state index contributed by atoms with van der Waals surface area (Å²) in [6.07, 6.45) is 1.10. The van der Waals surface area contributed by atoms with Crippen molar-refractivity contribution < 1.29 is 19.2 Å². The lowest BCUT2D eigenvalue weighted by molar-refractivity contribution is -0.384. The molecule has 0 aliphatic carbocycles. The zero-order chi connectivity index (χ0) is 15.4. The molecule has 2 rings (SSSR count). The highest BCUT2D eigenvalue weighted by atomic mass is 16.6. The molecule has 0 N–H and O–H groups in total. The van der Waals surface area contributed by atoms with E-state index >= 15 is 0 Å². The van der Waals surface area contributed by atoms with Crippen molar-refractivity contribution in [3.8, 4) is 0 Å². The van der Waals surface area contributed by atoms with Gasteiger partial charge in [0, 0.05) is 30.8 Å². The number of likely N-dealkylation sites (tertiary alicyclic amines) is 1. The molecule has 1 heterocycles. The van der Waals surface area contributed by atoms with Gasteiger partial charge in [0.25, 0.3) is 11.6 Å². The van der Waals surface area contributed by atoms with E-state index < -0.39 is 4.92 Å². The van der Waals surface area contributed by atoms with Gasteiger partial charge in [-0.1, -0.05) is 6.07 Å². The smallest absolute Gasteiger partial charge is 0.308 e. The Kier molecular flexibility index (Phi) is 4.52. The van der Waals surface area contributed by atoms with Crippen LogP contribution in [0.25, 0.3) is 0 Å². The second-order valence-electron chi connectivity index (χ2n) is 4.90. The number of nitrogens with zero attached hydrogens (tertiary/aromatic N) is 2. The van der Waals surface area contributed by atoms with Crippen molar-refractivity contribution in [2.24, 2.45) is 5.92 Å². The molecular weight excluding hydrogens is 276 g/mol. The van der Waals surface area contributed by atoms with Gasteiger partial charge in [-0.05, 0) is 18.9 Å². The first-order chi connectivity index (χ1) is 10.0. The fourth-order valence-electron chi connectivity index (χ4n) is 2.42. The van der Waals surface area contributed by atoms with Crippen molar-refractivity contribution in [2.45, 2.75) is 12.8 Å². The molecule has 0 spiro atoms. The molecule has 0 radical (unpaired) electrons. The maximum atomic E-state index is 12.3. The molecule has 0 bridgehead atoms. The largest absolute Gasteiger partial charge is 0.469 e. The second kappa shape index (κ2) is 6.34. The van der Waals surface area contributed by atoms with Crippen molar-refractivity contribution in [1.29, 1.82) is 0 Å². The number of hydrogen-bond donors (Lipinski definition) is 0. The molecule has 0 atom stereocenters. The molecule has 1 aliphatic heterocycles. The molecule has 112 valence electrons. The van der Waals surface area contributed by atoms with Crippen LogP contribution in [0.4, 0.5) is 5.69 Å². The predicted molar refractivity (Wildman–Crippen MR) is 73.7 cm³/mol. The minimum atomic E-state index is -0.528. The maximum Gasteiger partial charge on any atom is 0.308 e. The van der Waals surface area contributed by atoms with E-state index in [2.05, 4.69) is 0 Å². The Labute approximate surface area is 121 Å². The van der Waals surface area contributed by atoms with E-state index in [1.165, 1.54) is 25.3 Å². The van der Waals surface area contributed by atoms with Crippen LogP contribution in [0.2, 0.25) is 0 Å². The Bertz CT molecular complexity index is 564. The number of amides is 1. The molecule has 1 aromatic carbocycles. The molecule has 1 amide bonds. The van der Waals surface area contributed by atoms with Gasteiger partial charge in [-0.15, -0.1) is 0 Å². The van der Waals surface area contributed by atoms with E-state index in [0.29, 0.717) is 31.5 Å². The number of piperidine rings is 1. The number of esters is 1. The number of carbonyl (C=O) groups excluding carboxylic acids is 2. The van der Waals surface area contributed by atoms with Crippen molar-refractivity contribution in [1.82, 2.24) is 4.90 Å². The SMILES string of the molecule is COC(=O)C1CCN(C(=O)c2cccc([N+](=O)[O-])c2)CC1. The Morgan fingerprint density at radius 1 is 1.33 bits per heavy atom. The summed E-state index contributed by atoms with van der Waals surface area (Å²) < 4.78 is 4.69. The Hall–Kier alpha value is -2.44.